The Kier molecular flexibility index (Phi) is 1.86. The third kappa shape index (κ3) is 1.50. The highest BCUT2D eigenvalue weighted by atomic mass is 14.9. The number of aromatic amines is 1. The molecule has 0 atom stereocenters. The SMILES string of the molecule is [c]1nc(Cc2cccnc2)c[nH]1. The van der Waals surface area contributed by atoms with Crippen LogP contribution in [0, 0.1) is 6.33 Å². The molecule has 0 amide bonds. The summed E-state index contributed by atoms with van der Waals surface area (Å²) in [6.07, 6.45) is 8.91. The number of hydrogen-bond donors (Lipinski definition) is 1. The van der Waals surface area contributed by atoms with E-state index in [9.17, 15) is 0 Å². The standard InChI is InChI=1S/C9H8N3/c1-2-8(5-10-3-1)4-9-6-11-7-12-9/h1-3,5-6H,4H2,(H,11,12). The molecular weight excluding hydrogens is 150 g/mol. The minimum atomic E-state index is 0.813. The first-order valence-electron chi connectivity index (χ1n) is 3.74. The molecule has 2 aromatic rings. The molecule has 0 spiro atoms. The van der Waals surface area contributed by atoms with Crippen LogP contribution in [0.5, 0.6) is 0 Å². The Balaban J connectivity index is 2.15. The highest BCUT2D eigenvalue weighted by Gasteiger charge is 1.96. The molecule has 0 unspecified atom stereocenters. The summed E-state index contributed by atoms with van der Waals surface area (Å²) in [7, 11) is 0. The number of rotatable bonds is 2. The first-order valence-corrected chi connectivity index (χ1v) is 3.74. The van der Waals surface area contributed by atoms with Crippen LogP contribution in [0.25, 0.3) is 0 Å². The third-order valence-electron chi connectivity index (χ3n) is 1.61. The molecule has 12 heavy (non-hydrogen) atoms. The van der Waals surface area contributed by atoms with Crippen molar-refractivity contribution >= 4 is 0 Å². The fourth-order valence-electron chi connectivity index (χ4n) is 1.05. The molecule has 0 fully saturated rings. The van der Waals surface area contributed by atoms with Crippen LogP contribution >= 0.6 is 0 Å². The normalized spacial score (nSPS) is 10.0. The van der Waals surface area contributed by atoms with E-state index in [4.69, 9.17) is 0 Å². The summed E-state index contributed by atoms with van der Waals surface area (Å²) in [4.78, 5) is 10.8. The van der Waals surface area contributed by atoms with Gasteiger partial charge in [-0.1, -0.05) is 6.07 Å². The van der Waals surface area contributed by atoms with Gasteiger partial charge in [-0.05, 0) is 11.6 Å². The summed E-state index contributed by atoms with van der Waals surface area (Å²) in [6, 6.07) is 3.95. The molecule has 3 nitrogen and oxygen atoms in total. The molecule has 0 aromatic carbocycles. The zero-order chi connectivity index (χ0) is 8.23. The number of nitrogens with one attached hydrogen (secondary N) is 1. The fraction of sp³-hybridized carbons (Fsp3) is 0.111. The van der Waals surface area contributed by atoms with E-state index in [-0.39, 0.29) is 0 Å². The first kappa shape index (κ1) is 7.03. The molecule has 0 bridgehead atoms. The molecule has 3 heteroatoms. The molecule has 1 radical (unpaired) electrons. The Morgan fingerprint density at radius 2 is 2.50 bits per heavy atom. The highest BCUT2D eigenvalue weighted by Crippen LogP contribution is 2.03. The molecule has 0 aliphatic heterocycles. The molecule has 2 heterocycles. The molecular formula is C9H8N3. The van der Waals surface area contributed by atoms with Gasteiger partial charge in [0.25, 0.3) is 0 Å². The number of aromatic nitrogens is 3. The number of nitrogens with zero attached hydrogens (tertiary/aromatic N) is 2. The third-order valence-corrected chi connectivity index (χ3v) is 1.61. The Morgan fingerprint density at radius 3 is 3.17 bits per heavy atom. The summed E-state index contributed by atoms with van der Waals surface area (Å²) in [5, 5.41) is 0. The van der Waals surface area contributed by atoms with E-state index in [2.05, 4.69) is 21.3 Å². The lowest BCUT2D eigenvalue weighted by molar-refractivity contribution is 1.08. The Hall–Kier alpha value is -1.64. The van der Waals surface area contributed by atoms with Gasteiger partial charge in [-0.2, -0.15) is 0 Å². The summed E-state index contributed by atoms with van der Waals surface area (Å²) in [5.74, 6) is 0. The van der Waals surface area contributed by atoms with Gasteiger partial charge in [-0.3, -0.25) is 4.98 Å². The smallest absolute Gasteiger partial charge is 0.173 e. The second kappa shape index (κ2) is 3.17. The molecule has 2 aromatic heterocycles. The van der Waals surface area contributed by atoms with Crippen molar-refractivity contribution in [2.24, 2.45) is 0 Å². The van der Waals surface area contributed by atoms with Gasteiger partial charge < -0.3 is 4.98 Å². The van der Waals surface area contributed by atoms with Crippen molar-refractivity contribution in [2.75, 3.05) is 0 Å². The van der Waals surface area contributed by atoms with Crippen LogP contribution in [0.15, 0.2) is 30.7 Å². The lowest BCUT2D eigenvalue weighted by Gasteiger charge is -1.94. The van der Waals surface area contributed by atoms with Crippen molar-refractivity contribution in [2.45, 2.75) is 6.42 Å². The molecule has 59 valence electrons. The van der Waals surface area contributed by atoms with E-state index in [1.807, 2.05) is 24.5 Å². The molecule has 0 aliphatic rings. The zero-order valence-corrected chi connectivity index (χ0v) is 6.49. The monoisotopic (exact) mass is 158 g/mol. The van der Waals surface area contributed by atoms with Crippen LogP contribution in [0.1, 0.15) is 11.3 Å². The topological polar surface area (TPSA) is 41.6 Å². The van der Waals surface area contributed by atoms with E-state index in [1.165, 1.54) is 0 Å². The predicted molar refractivity (Wildman–Crippen MR) is 44.5 cm³/mol. The zero-order valence-electron chi connectivity index (χ0n) is 6.49. The van der Waals surface area contributed by atoms with E-state index in [0.717, 1.165) is 17.7 Å². The fourth-order valence-corrected chi connectivity index (χ4v) is 1.05. The van der Waals surface area contributed by atoms with Gasteiger partial charge in [0.15, 0.2) is 6.33 Å². The van der Waals surface area contributed by atoms with Gasteiger partial charge in [0.1, 0.15) is 0 Å². The van der Waals surface area contributed by atoms with Crippen molar-refractivity contribution in [3.05, 3.63) is 48.3 Å². The van der Waals surface area contributed by atoms with Gasteiger partial charge >= 0.3 is 0 Å². The minimum absolute atomic E-state index is 0.813. The lowest BCUT2D eigenvalue weighted by atomic mass is 10.2. The Labute approximate surface area is 70.5 Å². The largest absolute Gasteiger partial charge is 0.342 e. The van der Waals surface area contributed by atoms with E-state index >= 15 is 0 Å². The van der Waals surface area contributed by atoms with E-state index in [1.54, 1.807) is 6.20 Å². The Bertz CT molecular complexity index is 326. The molecule has 1 N–H and O–H groups in total. The summed E-state index contributed by atoms with van der Waals surface area (Å²) in [6.45, 7) is 0. The molecule has 0 aliphatic carbocycles. The maximum absolute atomic E-state index is 4.02. The van der Waals surface area contributed by atoms with E-state index in [0.29, 0.717) is 0 Å². The average molecular weight is 158 g/mol. The summed E-state index contributed by atoms with van der Waals surface area (Å²) in [5.41, 5.74) is 2.15. The van der Waals surface area contributed by atoms with Crippen LogP contribution in [-0.4, -0.2) is 15.0 Å². The predicted octanol–water partition coefficient (Wildman–Crippen LogP) is 1.20. The van der Waals surface area contributed by atoms with Gasteiger partial charge in [-0.15, -0.1) is 0 Å². The van der Waals surface area contributed by atoms with Crippen molar-refractivity contribution in [1.82, 2.24) is 15.0 Å². The minimum Gasteiger partial charge on any atom is -0.342 e. The summed E-state index contributed by atoms with van der Waals surface area (Å²) < 4.78 is 0. The van der Waals surface area contributed by atoms with Crippen molar-refractivity contribution < 1.29 is 0 Å². The number of pyridine rings is 1. The number of H-pyrrole nitrogens is 1. The van der Waals surface area contributed by atoms with E-state index < -0.39 is 0 Å². The quantitative estimate of drug-likeness (QED) is 0.713. The highest BCUT2D eigenvalue weighted by molar-refractivity contribution is 5.15. The van der Waals surface area contributed by atoms with Crippen LogP contribution in [0.4, 0.5) is 0 Å². The maximum atomic E-state index is 4.02. The van der Waals surface area contributed by atoms with Crippen LogP contribution in [-0.2, 0) is 6.42 Å². The van der Waals surface area contributed by atoms with Gasteiger partial charge in [0, 0.05) is 25.0 Å². The van der Waals surface area contributed by atoms with Crippen LogP contribution in [0.2, 0.25) is 0 Å². The second-order valence-electron chi connectivity index (χ2n) is 2.54. The van der Waals surface area contributed by atoms with Crippen molar-refractivity contribution in [3.8, 4) is 0 Å². The maximum Gasteiger partial charge on any atom is 0.173 e. The molecule has 0 saturated heterocycles. The summed E-state index contributed by atoms with van der Waals surface area (Å²) >= 11 is 0. The van der Waals surface area contributed by atoms with Crippen LogP contribution < -0.4 is 0 Å². The first-order chi connectivity index (χ1) is 5.95. The number of imidazole rings is 1. The number of hydrogen-bond acceptors (Lipinski definition) is 2. The van der Waals surface area contributed by atoms with Gasteiger partial charge in [0.2, 0.25) is 0 Å². The average Bonchev–Trinajstić information content (AvgIpc) is 2.59. The lowest BCUT2D eigenvalue weighted by Crippen LogP contribution is -1.87. The molecule has 2 rings (SSSR count). The van der Waals surface area contributed by atoms with Crippen molar-refractivity contribution in [1.29, 1.82) is 0 Å². The van der Waals surface area contributed by atoms with Gasteiger partial charge in [0.05, 0.1) is 5.69 Å². The van der Waals surface area contributed by atoms with Crippen LogP contribution in [0.3, 0.4) is 0 Å². The Morgan fingerprint density at radius 1 is 1.50 bits per heavy atom. The van der Waals surface area contributed by atoms with Crippen molar-refractivity contribution in [3.63, 3.8) is 0 Å². The van der Waals surface area contributed by atoms with Gasteiger partial charge in [-0.25, -0.2) is 4.98 Å². The second-order valence-corrected chi connectivity index (χ2v) is 2.54. The molecule has 0 saturated carbocycles.